The number of rotatable bonds is 7. The second kappa shape index (κ2) is 10.9. The molecule has 0 unspecified atom stereocenters. The molecule has 8 nitrogen and oxygen atoms in total. The Labute approximate surface area is 206 Å². The third kappa shape index (κ3) is 5.32. The summed E-state index contributed by atoms with van der Waals surface area (Å²) in [6.45, 7) is 7.22. The minimum absolute atomic E-state index is 0.151. The van der Waals surface area contributed by atoms with Crippen LogP contribution >= 0.6 is 0 Å². The van der Waals surface area contributed by atoms with Gasteiger partial charge in [0.15, 0.2) is 11.5 Å². The van der Waals surface area contributed by atoms with E-state index >= 15 is 0 Å². The molecule has 1 aromatic heterocycles. The summed E-state index contributed by atoms with van der Waals surface area (Å²) >= 11 is 0. The number of hydrogen-bond acceptors (Lipinski definition) is 7. The zero-order valence-electron chi connectivity index (χ0n) is 20.4. The number of fused-ring (bicyclic) bond motifs is 1. The van der Waals surface area contributed by atoms with Crippen molar-refractivity contribution in [2.75, 3.05) is 69.3 Å². The smallest absolute Gasteiger partial charge is 0.272 e. The fourth-order valence-corrected chi connectivity index (χ4v) is 5.05. The lowest BCUT2D eigenvalue weighted by molar-refractivity contribution is 0.0942. The van der Waals surface area contributed by atoms with Gasteiger partial charge in [0.25, 0.3) is 5.91 Å². The topological polar surface area (TPSA) is 73.8 Å². The highest BCUT2D eigenvalue weighted by Gasteiger charge is 2.23. The van der Waals surface area contributed by atoms with Crippen molar-refractivity contribution in [2.45, 2.75) is 19.3 Å². The zero-order chi connectivity index (χ0) is 24.0. The van der Waals surface area contributed by atoms with E-state index in [1.165, 1.54) is 24.9 Å². The molecule has 1 amide bonds. The summed E-state index contributed by atoms with van der Waals surface area (Å²) < 4.78 is 5.28. The second-order valence-corrected chi connectivity index (χ2v) is 9.25. The van der Waals surface area contributed by atoms with E-state index in [9.17, 15) is 4.79 Å². The van der Waals surface area contributed by atoms with Crippen LogP contribution < -0.4 is 19.9 Å². The van der Waals surface area contributed by atoms with E-state index in [0.29, 0.717) is 12.2 Å². The quantitative estimate of drug-likeness (QED) is 0.564. The van der Waals surface area contributed by atoms with Gasteiger partial charge >= 0.3 is 0 Å². The van der Waals surface area contributed by atoms with Crippen LogP contribution in [-0.2, 0) is 0 Å². The first-order valence-corrected chi connectivity index (χ1v) is 12.6. The van der Waals surface area contributed by atoms with E-state index in [0.717, 1.165) is 68.2 Å². The first kappa shape index (κ1) is 23.4. The first-order valence-electron chi connectivity index (χ1n) is 12.6. The molecule has 0 atom stereocenters. The summed E-state index contributed by atoms with van der Waals surface area (Å²) in [6.07, 6.45) is 3.81. The number of benzene rings is 2. The number of amides is 1. The van der Waals surface area contributed by atoms with Crippen molar-refractivity contribution in [1.82, 2.24) is 20.4 Å². The van der Waals surface area contributed by atoms with Gasteiger partial charge in [0.05, 0.1) is 7.11 Å². The van der Waals surface area contributed by atoms with Crippen molar-refractivity contribution in [3.63, 3.8) is 0 Å². The Hall–Kier alpha value is -3.39. The number of carbonyl (C=O) groups excluding carboxylic acids is 1. The van der Waals surface area contributed by atoms with E-state index in [2.05, 4.69) is 42.3 Å². The Kier molecular flexibility index (Phi) is 7.28. The van der Waals surface area contributed by atoms with Gasteiger partial charge in [-0.25, -0.2) is 0 Å². The lowest BCUT2D eigenvalue weighted by Gasteiger charge is -2.37. The third-order valence-electron chi connectivity index (χ3n) is 7.06. The monoisotopic (exact) mass is 474 g/mol. The number of aromatic nitrogens is 2. The van der Waals surface area contributed by atoms with Gasteiger partial charge in [-0.2, -0.15) is 0 Å². The van der Waals surface area contributed by atoms with Crippen molar-refractivity contribution >= 4 is 28.2 Å². The molecule has 0 radical (unpaired) electrons. The number of nitrogens with zero attached hydrogens (tertiary/aromatic N) is 5. The first-order chi connectivity index (χ1) is 17.2. The number of anilines is 2. The third-order valence-corrected chi connectivity index (χ3v) is 7.06. The van der Waals surface area contributed by atoms with E-state index in [-0.39, 0.29) is 5.91 Å². The molecule has 8 heteroatoms. The molecule has 0 saturated carbocycles. The highest BCUT2D eigenvalue weighted by atomic mass is 16.5. The molecule has 35 heavy (non-hydrogen) atoms. The minimum atomic E-state index is -0.151. The summed E-state index contributed by atoms with van der Waals surface area (Å²) in [4.78, 5) is 20.0. The predicted octanol–water partition coefficient (Wildman–Crippen LogP) is 3.18. The number of piperidine rings is 1. The van der Waals surface area contributed by atoms with E-state index in [1.807, 2.05) is 36.4 Å². The summed E-state index contributed by atoms with van der Waals surface area (Å²) in [6, 6.07) is 16.2. The molecule has 2 fully saturated rings. The molecule has 2 aromatic carbocycles. The Morgan fingerprint density at radius 3 is 2.26 bits per heavy atom. The Morgan fingerprint density at radius 2 is 1.54 bits per heavy atom. The highest BCUT2D eigenvalue weighted by molar-refractivity contribution is 6.07. The number of piperazine rings is 1. The van der Waals surface area contributed by atoms with Crippen LogP contribution in [0, 0.1) is 0 Å². The van der Waals surface area contributed by atoms with Crippen molar-refractivity contribution in [3.05, 3.63) is 54.2 Å². The van der Waals surface area contributed by atoms with Gasteiger partial charge in [-0.15, -0.1) is 10.2 Å². The van der Waals surface area contributed by atoms with Crippen molar-refractivity contribution in [3.8, 4) is 5.75 Å². The molecule has 0 aliphatic carbocycles. The van der Waals surface area contributed by atoms with Gasteiger partial charge < -0.3 is 24.8 Å². The number of ether oxygens (including phenoxy) is 1. The van der Waals surface area contributed by atoms with Crippen LogP contribution in [0.4, 0.5) is 11.5 Å². The molecular weight excluding hydrogens is 440 g/mol. The van der Waals surface area contributed by atoms with Crippen molar-refractivity contribution < 1.29 is 9.53 Å². The molecule has 0 bridgehead atoms. The van der Waals surface area contributed by atoms with Crippen LogP contribution in [0.1, 0.15) is 29.8 Å². The SMILES string of the molecule is COc1ccc(N2CCN(c3nnc(C(=O)NCCN4CCCCC4)c4ccccc34)CC2)cc1. The summed E-state index contributed by atoms with van der Waals surface area (Å²) in [5.41, 5.74) is 1.60. The molecule has 0 spiro atoms. The molecule has 3 heterocycles. The average molecular weight is 475 g/mol. The summed E-state index contributed by atoms with van der Waals surface area (Å²) in [5, 5.41) is 13.8. The summed E-state index contributed by atoms with van der Waals surface area (Å²) in [7, 11) is 1.68. The number of hydrogen-bond donors (Lipinski definition) is 1. The Balaban J connectivity index is 1.26. The van der Waals surface area contributed by atoms with Gasteiger partial charge in [-0.05, 0) is 50.2 Å². The highest BCUT2D eigenvalue weighted by Crippen LogP contribution is 2.28. The number of likely N-dealkylation sites (tertiary alicyclic amines) is 1. The number of methoxy groups -OCH3 is 1. The largest absolute Gasteiger partial charge is 0.497 e. The standard InChI is InChI=1S/C27H34N6O2/c1-35-22-11-9-21(10-12-22)32-17-19-33(20-18-32)26-24-8-4-3-7-23(24)25(29-30-26)27(34)28-13-16-31-14-5-2-6-15-31/h3-4,7-12H,2,5-6,13-20H2,1H3,(H,28,34). The molecule has 2 aliphatic rings. The average Bonchev–Trinajstić information content (AvgIpc) is 2.93. The molecule has 1 N–H and O–H groups in total. The van der Waals surface area contributed by atoms with Gasteiger partial charge in [-0.1, -0.05) is 30.7 Å². The van der Waals surface area contributed by atoms with E-state index in [1.54, 1.807) is 7.11 Å². The molecule has 3 aromatic rings. The molecular formula is C27H34N6O2. The maximum absolute atomic E-state index is 13.0. The van der Waals surface area contributed by atoms with Crippen LogP contribution in [0.25, 0.3) is 10.8 Å². The lowest BCUT2D eigenvalue weighted by atomic mass is 10.1. The van der Waals surface area contributed by atoms with Gasteiger partial charge in [0.1, 0.15) is 5.75 Å². The van der Waals surface area contributed by atoms with E-state index in [4.69, 9.17) is 4.74 Å². The van der Waals surface area contributed by atoms with Gasteiger partial charge in [0, 0.05) is 55.7 Å². The van der Waals surface area contributed by atoms with Crippen LogP contribution in [0.15, 0.2) is 48.5 Å². The fraction of sp³-hybridized carbons (Fsp3) is 0.444. The molecule has 184 valence electrons. The normalized spacial score (nSPS) is 16.9. The second-order valence-electron chi connectivity index (χ2n) is 9.25. The number of nitrogens with one attached hydrogen (secondary N) is 1. The lowest BCUT2D eigenvalue weighted by Crippen LogP contribution is -2.47. The molecule has 2 saturated heterocycles. The van der Waals surface area contributed by atoms with Crippen molar-refractivity contribution in [2.24, 2.45) is 0 Å². The van der Waals surface area contributed by atoms with E-state index < -0.39 is 0 Å². The van der Waals surface area contributed by atoms with Gasteiger partial charge in [0.2, 0.25) is 0 Å². The maximum Gasteiger partial charge on any atom is 0.272 e. The minimum Gasteiger partial charge on any atom is -0.497 e. The van der Waals surface area contributed by atoms with Crippen LogP contribution in [0.5, 0.6) is 5.75 Å². The summed E-state index contributed by atoms with van der Waals surface area (Å²) in [5.74, 6) is 1.56. The molecule has 2 aliphatic heterocycles. The molecule has 5 rings (SSSR count). The van der Waals surface area contributed by atoms with Crippen molar-refractivity contribution in [1.29, 1.82) is 0 Å². The van der Waals surface area contributed by atoms with Crippen LogP contribution in [0.2, 0.25) is 0 Å². The Bertz CT molecular complexity index is 1140. The number of carbonyl (C=O) groups is 1. The maximum atomic E-state index is 13.0. The fourth-order valence-electron chi connectivity index (χ4n) is 5.05. The Morgan fingerprint density at radius 1 is 0.857 bits per heavy atom. The van der Waals surface area contributed by atoms with Crippen LogP contribution in [-0.4, -0.2) is 80.5 Å². The zero-order valence-corrected chi connectivity index (χ0v) is 20.4. The predicted molar refractivity (Wildman–Crippen MR) is 140 cm³/mol. The van der Waals surface area contributed by atoms with Gasteiger partial charge in [-0.3, -0.25) is 4.79 Å². The van der Waals surface area contributed by atoms with Crippen LogP contribution in [0.3, 0.4) is 0 Å².